The first-order valence-corrected chi connectivity index (χ1v) is 9.53. The number of rotatable bonds is 6. The van der Waals surface area contributed by atoms with E-state index >= 15 is 0 Å². The van der Waals surface area contributed by atoms with Crippen LogP contribution in [0.4, 0.5) is 5.82 Å². The molecular weight excluding hydrogens is 358 g/mol. The molecule has 0 unspecified atom stereocenters. The van der Waals surface area contributed by atoms with Crippen LogP contribution in [0.5, 0.6) is 0 Å². The van der Waals surface area contributed by atoms with Crippen molar-refractivity contribution in [3.05, 3.63) is 113 Å². The van der Waals surface area contributed by atoms with Crippen LogP contribution in [0.15, 0.2) is 91.0 Å². The number of aromatic nitrogens is 2. The van der Waals surface area contributed by atoms with Crippen molar-refractivity contribution in [1.82, 2.24) is 10.2 Å². The van der Waals surface area contributed by atoms with E-state index in [-0.39, 0.29) is 5.78 Å². The van der Waals surface area contributed by atoms with Crippen molar-refractivity contribution in [3.63, 3.8) is 0 Å². The molecule has 1 N–H and O–H groups in total. The van der Waals surface area contributed by atoms with E-state index in [4.69, 9.17) is 0 Å². The normalized spacial score (nSPS) is 10.5. The molecule has 0 spiro atoms. The average Bonchev–Trinajstić information content (AvgIpc) is 2.79. The van der Waals surface area contributed by atoms with Gasteiger partial charge in [-0.2, -0.15) is 0 Å². The molecule has 0 bridgehead atoms. The van der Waals surface area contributed by atoms with Gasteiger partial charge in [0.25, 0.3) is 0 Å². The SMILES string of the molecule is Cc1ccc(-c2cc(C(=O)c3ccccc3)c(NCc3ccccc3)nn2)cc1. The zero-order valence-electron chi connectivity index (χ0n) is 16.2. The predicted octanol–water partition coefficient (Wildman–Crippen LogP) is 5.30. The fraction of sp³-hybridized carbons (Fsp3) is 0.0800. The van der Waals surface area contributed by atoms with Crippen molar-refractivity contribution >= 4 is 11.6 Å². The van der Waals surface area contributed by atoms with E-state index in [0.29, 0.717) is 29.2 Å². The van der Waals surface area contributed by atoms with Gasteiger partial charge in [-0.05, 0) is 18.6 Å². The van der Waals surface area contributed by atoms with E-state index < -0.39 is 0 Å². The van der Waals surface area contributed by atoms with Gasteiger partial charge in [0, 0.05) is 17.7 Å². The molecule has 0 saturated heterocycles. The van der Waals surface area contributed by atoms with Gasteiger partial charge in [0.15, 0.2) is 11.6 Å². The van der Waals surface area contributed by atoms with Gasteiger partial charge in [0.05, 0.1) is 11.3 Å². The summed E-state index contributed by atoms with van der Waals surface area (Å²) in [4.78, 5) is 13.2. The van der Waals surface area contributed by atoms with Gasteiger partial charge >= 0.3 is 0 Å². The Morgan fingerprint density at radius 1 is 0.828 bits per heavy atom. The Kier molecular flexibility index (Phi) is 5.43. The van der Waals surface area contributed by atoms with E-state index in [1.165, 1.54) is 5.56 Å². The molecule has 0 aliphatic rings. The molecule has 0 atom stereocenters. The summed E-state index contributed by atoms with van der Waals surface area (Å²) in [6, 6.07) is 29.1. The van der Waals surface area contributed by atoms with Gasteiger partial charge in [-0.3, -0.25) is 4.79 Å². The van der Waals surface area contributed by atoms with Gasteiger partial charge in [-0.25, -0.2) is 0 Å². The second kappa shape index (κ2) is 8.48. The summed E-state index contributed by atoms with van der Waals surface area (Å²) in [5.41, 5.74) is 5.02. The van der Waals surface area contributed by atoms with Crippen LogP contribution in [-0.4, -0.2) is 16.0 Å². The van der Waals surface area contributed by atoms with Crippen LogP contribution in [-0.2, 0) is 6.54 Å². The fourth-order valence-electron chi connectivity index (χ4n) is 3.09. The number of benzene rings is 3. The van der Waals surface area contributed by atoms with Crippen molar-refractivity contribution in [2.75, 3.05) is 5.32 Å². The van der Waals surface area contributed by atoms with E-state index in [1.807, 2.05) is 97.9 Å². The Balaban J connectivity index is 1.71. The van der Waals surface area contributed by atoms with Gasteiger partial charge in [0.1, 0.15) is 0 Å². The summed E-state index contributed by atoms with van der Waals surface area (Å²) in [6.45, 7) is 2.60. The lowest BCUT2D eigenvalue weighted by Gasteiger charge is -2.12. The third-order valence-corrected chi connectivity index (χ3v) is 4.72. The van der Waals surface area contributed by atoms with Crippen LogP contribution in [0.2, 0.25) is 0 Å². The lowest BCUT2D eigenvalue weighted by atomic mass is 10.0. The van der Waals surface area contributed by atoms with Gasteiger partial charge in [-0.1, -0.05) is 90.5 Å². The maximum Gasteiger partial charge on any atom is 0.196 e. The van der Waals surface area contributed by atoms with Gasteiger partial charge in [-0.15, -0.1) is 10.2 Å². The van der Waals surface area contributed by atoms with Crippen LogP contribution >= 0.6 is 0 Å². The third kappa shape index (κ3) is 4.38. The predicted molar refractivity (Wildman–Crippen MR) is 116 cm³/mol. The molecular formula is C25H21N3O. The van der Waals surface area contributed by atoms with Crippen LogP contribution in [0.3, 0.4) is 0 Å². The highest BCUT2D eigenvalue weighted by Crippen LogP contribution is 2.24. The van der Waals surface area contributed by atoms with Crippen LogP contribution in [0.25, 0.3) is 11.3 Å². The number of carbonyl (C=O) groups is 1. The zero-order chi connectivity index (χ0) is 20.1. The highest BCUT2D eigenvalue weighted by molar-refractivity contribution is 6.12. The minimum atomic E-state index is -0.0792. The molecule has 0 aliphatic carbocycles. The summed E-state index contributed by atoms with van der Waals surface area (Å²) < 4.78 is 0. The average molecular weight is 379 g/mol. The molecule has 1 aromatic heterocycles. The van der Waals surface area contributed by atoms with Crippen molar-refractivity contribution < 1.29 is 4.79 Å². The van der Waals surface area contributed by atoms with E-state index in [0.717, 1.165) is 11.1 Å². The number of hydrogen-bond donors (Lipinski definition) is 1. The molecule has 3 aromatic carbocycles. The lowest BCUT2D eigenvalue weighted by molar-refractivity contribution is 0.103. The molecule has 0 radical (unpaired) electrons. The first kappa shape index (κ1) is 18.6. The maximum absolute atomic E-state index is 13.2. The van der Waals surface area contributed by atoms with E-state index in [2.05, 4.69) is 15.5 Å². The van der Waals surface area contributed by atoms with Crippen molar-refractivity contribution in [1.29, 1.82) is 0 Å². The van der Waals surface area contributed by atoms with Crippen LogP contribution in [0, 0.1) is 6.92 Å². The number of ketones is 1. The minimum Gasteiger partial charge on any atom is -0.364 e. The summed E-state index contributed by atoms with van der Waals surface area (Å²) in [5.74, 6) is 0.406. The third-order valence-electron chi connectivity index (χ3n) is 4.72. The topological polar surface area (TPSA) is 54.9 Å². The first-order valence-electron chi connectivity index (χ1n) is 9.53. The second-order valence-corrected chi connectivity index (χ2v) is 6.89. The van der Waals surface area contributed by atoms with Gasteiger partial charge in [0.2, 0.25) is 0 Å². The number of nitrogens with one attached hydrogen (secondary N) is 1. The Hall–Kier alpha value is -3.79. The standard InChI is InChI=1S/C25H21N3O/c1-18-12-14-20(15-13-18)23-16-22(24(29)21-10-6-3-7-11-21)25(28-27-23)26-17-19-8-4-2-5-9-19/h2-16H,17H2,1H3,(H,26,28). The molecule has 29 heavy (non-hydrogen) atoms. The zero-order valence-corrected chi connectivity index (χ0v) is 16.2. The number of carbonyl (C=O) groups excluding carboxylic acids is 1. The van der Waals surface area contributed by atoms with E-state index in [9.17, 15) is 4.79 Å². The lowest BCUT2D eigenvalue weighted by Crippen LogP contribution is -2.11. The Labute approximate surface area is 170 Å². The molecule has 142 valence electrons. The molecule has 4 heteroatoms. The molecule has 1 heterocycles. The molecule has 0 amide bonds. The maximum atomic E-state index is 13.2. The highest BCUT2D eigenvalue weighted by atomic mass is 16.1. The molecule has 0 aliphatic heterocycles. The summed E-state index contributed by atoms with van der Waals surface area (Å²) in [7, 11) is 0. The second-order valence-electron chi connectivity index (χ2n) is 6.89. The number of anilines is 1. The monoisotopic (exact) mass is 379 g/mol. The molecule has 4 aromatic rings. The number of nitrogens with zero attached hydrogens (tertiary/aromatic N) is 2. The molecule has 4 rings (SSSR count). The number of aryl methyl sites for hydroxylation is 1. The fourth-order valence-corrected chi connectivity index (χ4v) is 3.09. The van der Waals surface area contributed by atoms with Crippen molar-refractivity contribution in [2.45, 2.75) is 13.5 Å². The van der Waals surface area contributed by atoms with Crippen molar-refractivity contribution in [2.24, 2.45) is 0 Å². The van der Waals surface area contributed by atoms with Crippen LogP contribution in [0.1, 0.15) is 27.0 Å². The highest BCUT2D eigenvalue weighted by Gasteiger charge is 2.17. The van der Waals surface area contributed by atoms with Crippen LogP contribution < -0.4 is 5.32 Å². The largest absolute Gasteiger partial charge is 0.364 e. The molecule has 0 fully saturated rings. The quantitative estimate of drug-likeness (QED) is 0.462. The minimum absolute atomic E-state index is 0.0792. The Morgan fingerprint density at radius 2 is 1.48 bits per heavy atom. The Bertz CT molecular complexity index is 1110. The first-order chi connectivity index (χ1) is 14.2. The smallest absolute Gasteiger partial charge is 0.196 e. The molecule has 4 nitrogen and oxygen atoms in total. The summed E-state index contributed by atoms with van der Waals surface area (Å²) in [6.07, 6.45) is 0. The van der Waals surface area contributed by atoms with E-state index in [1.54, 1.807) is 0 Å². The molecule has 0 saturated carbocycles. The Morgan fingerprint density at radius 3 is 2.17 bits per heavy atom. The number of hydrogen-bond acceptors (Lipinski definition) is 4. The van der Waals surface area contributed by atoms with Gasteiger partial charge < -0.3 is 5.32 Å². The summed E-state index contributed by atoms with van der Waals surface area (Å²) >= 11 is 0. The van der Waals surface area contributed by atoms with Crippen molar-refractivity contribution in [3.8, 4) is 11.3 Å². The summed E-state index contributed by atoms with van der Waals surface area (Å²) in [5, 5.41) is 12.0.